The second-order valence-electron chi connectivity index (χ2n) is 13.3. The molecule has 0 saturated heterocycles. The number of halogens is 1. The second-order valence-corrected chi connectivity index (χ2v) is 13.3. The Balaban J connectivity index is 1.67. The van der Waals surface area contributed by atoms with Gasteiger partial charge in [0.05, 0.1) is 35.9 Å². The van der Waals surface area contributed by atoms with Gasteiger partial charge in [0, 0.05) is 18.0 Å². The van der Waals surface area contributed by atoms with Crippen molar-refractivity contribution in [2.75, 3.05) is 22.2 Å². The number of anilines is 4. The number of nitrogens with zero attached hydrogens (tertiary/aromatic N) is 3. The largest absolute Gasteiger partial charge is 0.497 e. The lowest BCUT2D eigenvalue weighted by Crippen LogP contribution is -2.65. The Morgan fingerprint density at radius 3 is 2.23 bits per heavy atom. The summed E-state index contributed by atoms with van der Waals surface area (Å²) < 4.78 is 25.9. The number of amides is 5. The van der Waals surface area contributed by atoms with Crippen molar-refractivity contribution in [3.05, 3.63) is 108 Å². The molecule has 52 heavy (non-hydrogen) atoms. The minimum absolute atomic E-state index is 0.0401. The van der Waals surface area contributed by atoms with E-state index >= 15 is 9.18 Å². The Morgan fingerprint density at radius 1 is 0.923 bits per heavy atom. The average Bonchev–Trinajstić information content (AvgIpc) is 3.17. The van der Waals surface area contributed by atoms with Gasteiger partial charge in [-0.15, -0.1) is 0 Å². The van der Waals surface area contributed by atoms with Crippen LogP contribution in [0.15, 0.2) is 91.3 Å². The van der Waals surface area contributed by atoms with E-state index in [9.17, 15) is 19.2 Å². The summed E-state index contributed by atoms with van der Waals surface area (Å²) in [6.45, 7) is 8.49. The third kappa shape index (κ3) is 7.13. The fourth-order valence-corrected chi connectivity index (χ4v) is 6.17. The monoisotopic (exact) mass is 710 g/mol. The fourth-order valence-electron chi connectivity index (χ4n) is 6.17. The standard InChI is InChI=1S/C38H39FN6O7/c1-22(2)38(35(40)49,24-12-15-28(51-6)16-13-24)45-29-17-14-25(39)20-30(29)44(27-11-8-18-41-21-27)32(46)31(33(45)47)43-36(50)42-26-10-7-9-23(19-26)34(48)52-37(3,4)5/h7-22,31H,1-6H3,(H2,40,49)(H2,42,43,50). The van der Waals surface area contributed by atoms with Gasteiger partial charge in [-0.25, -0.2) is 14.0 Å². The predicted octanol–water partition coefficient (Wildman–Crippen LogP) is 5.42. The zero-order valence-electron chi connectivity index (χ0n) is 29.5. The van der Waals surface area contributed by atoms with Gasteiger partial charge in [-0.05, 0) is 86.8 Å². The van der Waals surface area contributed by atoms with Crippen molar-refractivity contribution in [2.45, 2.75) is 51.8 Å². The predicted molar refractivity (Wildman–Crippen MR) is 192 cm³/mol. The molecule has 13 nitrogen and oxygen atoms in total. The summed E-state index contributed by atoms with van der Waals surface area (Å²) >= 11 is 0. The topological polar surface area (TPSA) is 173 Å². The molecule has 0 fully saturated rings. The number of nitrogens with two attached hydrogens (primary N) is 1. The third-order valence-electron chi connectivity index (χ3n) is 8.38. The van der Waals surface area contributed by atoms with Crippen LogP contribution in [0.4, 0.5) is 31.9 Å². The van der Waals surface area contributed by atoms with E-state index in [-0.39, 0.29) is 33.9 Å². The van der Waals surface area contributed by atoms with Gasteiger partial charge in [0.15, 0.2) is 11.6 Å². The van der Waals surface area contributed by atoms with Crippen LogP contribution in [0.3, 0.4) is 0 Å². The highest BCUT2D eigenvalue weighted by molar-refractivity contribution is 6.25. The van der Waals surface area contributed by atoms with E-state index in [0.29, 0.717) is 5.75 Å². The first-order valence-corrected chi connectivity index (χ1v) is 16.3. The minimum atomic E-state index is -2.00. The quantitative estimate of drug-likeness (QED) is 0.153. The highest BCUT2D eigenvalue weighted by Crippen LogP contribution is 2.47. The number of esters is 1. The van der Waals surface area contributed by atoms with Crippen molar-refractivity contribution < 1.29 is 37.8 Å². The smallest absolute Gasteiger partial charge is 0.338 e. The van der Waals surface area contributed by atoms with Crippen LogP contribution in [0.2, 0.25) is 0 Å². The molecule has 3 aromatic carbocycles. The van der Waals surface area contributed by atoms with E-state index in [2.05, 4.69) is 15.6 Å². The van der Waals surface area contributed by atoms with E-state index in [1.807, 2.05) is 0 Å². The van der Waals surface area contributed by atoms with Crippen LogP contribution >= 0.6 is 0 Å². The number of benzene rings is 3. The van der Waals surface area contributed by atoms with Crippen LogP contribution in [-0.4, -0.2) is 53.5 Å². The normalized spacial score (nSPS) is 15.7. The van der Waals surface area contributed by atoms with Crippen molar-refractivity contribution in [2.24, 2.45) is 11.7 Å². The number of hydrogen-bond donors (Lipinski definition) is 3. The van der Waals surface area contributed by atoms with Gasteiger partial charge in [-0.3, -0.25) is 29.2 Å². The molecule has 2 unspecified atom stereocenters. The van der Waals surface area contributed by atoms with Crippen LogP contribution in [-0.2, 0) is 24.7 Å². The summed E-state index contributed by atoms with van der Waals surface area (Å²) in [4.78, 5) is 76.1. The molecule has 2 atom stereocenters. The zero-order chi connectivity index (χ0) is 38.0. The maximum atomic E-state index is 15.1. The summed E-state index contributed by atoms with van der Waals surface area (Å²) in [6, 6.07) is 15.7. The van der Waals surface area contributed by atoms with Gasteiger partial charge in [0.1, 0.15) is 17.2 Å². The fraction of sp³-hybridized carbons (Fsp3) is 0.263. The lowest BCUT2D eigenvalue weighted by atomic mass is 9.76. The number of hydrogen-bond acceptors (Lipinski definition) is 8. The molecule has 0 aliphatic carbocycles. The number of urea groups is 1. The number of primary amides is 1. The minimum Gasteiger partial charge on any atom is -0.497 e. The maximum absolute atomic E-state index is 15.1. The van der Waals surface area contributed by atoms with Crippen molar-refractivity contribution in [1.29, 1.82) is 0 Å². The second kappa shape index (κ2) is 14.5. The number of ether oxygens (including phenoxy) is 2. The Labute approximate surface area is 299 Å². The molecule has 5 amide bonds. The first-order chi connectivity index (χ1) is 24.6. The number of fused-ring (bicyclic) bond motifs is 1. The first-order valence-electron chi connectivity index (χ1n) is 16.3. The van der Waals surface area contributed by atoms with Gasteiger partial charge in [0.25, 0.3) is 11.8 Å². The van der Waals surface area contributed by atoms with Gasteiger partial charge in [-0.2, -0.15) is 0 Å². The van der Waals surface area contributed by atoms with E-state index in [4.69, 9.17) is 15.2 Å². The number of carbonyl (C=O) groups is 5. The third-order valence-corrected chi connectivity index (χ3v) is 8.38. The van der Waals surface area contributed by atoms with Crippen molar-refractivity contribution in [3.8, 4) is 5.75 Å². The van der Waals surface area contributed by atoms with Crippen molar-refractivity contribution >= 4 is 52.5 Å². The number of rotatable bonds is 9. The summed E-state index contributed by atoms with van der Waals surface area (Å²) in [5.41, 5.74) is 4.02. The molecule has 0 spiro atoms. The number of aromatic nitrogens is 1. The first kappa shape index (κ1) is 37.0. The van der Waals surface area contributed by atoms with Crippen molar-refractivity contribution in [1.82, 2.24) is 10.3 Å². The SMILES string of the molecule is COc1ccc(C(C(N)=O)(C(C)C)N2C(=O)C(NC(=O)Nc3cccc(C(=O)OC(C)(C)C)c3)C(=O)N(c3cccnc3)c3cc(F)ccc32)cc1. The molecule has 14 heteroatoms. The van der Waals surface area contributed by atoms with Crippen LogP contribution in [0.5, 0.6) is 5.75 Å². The van der Waals surface area contributed by atoms with Crippen LogP contribution in [0.1, 0.15) is 50.5 Å². The molecule has 5 rings (SSSR count). The zero-order valence-corrected chi connectivity index (χ0v) is 29.5. The molecular weight excluding hydrogens is 671 g/mol. The number of pyridine rings is 1. The number of nitrogens with one attached hydrogen (secondary N) is 2. The number of methoxy groups -OCH3 is 1. The molecule has 270 valence electrons. The molecule has 0 saturated carbocycles. The Bertz CT molecular complexity index is 2020. The van der Waals surface area contributed by atoms with Gasteiger partial charge >= 0.3 is 12.0 Å². The highest BCUT2D eigenvalue weighted by Gasteiger charge is 2.55. The molecule has 4 N–H and O–H groups in total. The lowest BCUT2D eigenvalue weighted by Gasteiger charge is -2.45. The summed E-state index contributed by atoms with van der Waals surface area (Å²) in [5.74, 6) is -4.65. The van der Waals surface area contributed by atoms with Crippen LogP contribution in [0.25, 0.3) is 0 Å². The Kier molecular flexibility index (Phi) is 10.3. The van der Waals surface area contributed by atoms with Crippen molar-refractivity contribution in [3.63, 3.8) is 0 Å². The van der Waals surface area contributed by atoms with Gasteiger partial charge < -0.3 is 25.8 Å². The molecule has 0 bridgehead atoms. The van der Waals surface area contributed by atoms with Gasteiger partial charge in [-0.1, -0.05) is 32.0 Å². The summed E-state index contributed by atoms with van der Waals surface area (Å²) in [5, 5.41) is 5.02. The maximum Gasteiger partial charge on any atom is 0.338 e. The van der Waals surface area contributed by atoms with E-state index < -0.39 is 58.6 Å². The van der Waals surface area contributed by atoms with E-state index in [0.717, 1.165) is 21.9 Å². The average molecular weight is 711 g/mol. The Hall–Kier alpha value is -6.31. The molecule has 1 aromatic heterocycles. The lowest BCUT2D eigenvalue weighted by molar-refractivity contribution is -0.134. The summed E-state index contributed by atoms with van der Waals surface area (Å²) in [6.07, 6.45) is 2.80. The van der Waals surface area contributed by atoms with Crippen LogP contribution < -0.4 is 30.9 Å². The van der Waals surface area contributed by atoms with E-state index in [1.54, 1.807) is 58.9 Å². The van der Waals surface area contributed by atoms with Gasteiger partial charge in [0.2, 0.25) is 5.91 Å². The highest BCUT2D eigenvalue weighted by atomic mass is 19.1. The molecule has 1 aliphatic heterocycles. The van der Waals surface area contributed by atoms with Crippen LogP contribution in [0, 0.1) is 11.7 Å². The Morgan fingerprint density at radius 2 is 1.63 bits per heavy atom. The molecular formula is C38H39FN6O7. The summed E-state index contributed by atoms with van der Waals surface area (Å²) in [7, 11) is 1.47. The molecule has 2 heterocycles. The van der Waals surface area contributed by atoms with E-state index in [1.165, 1.54) is 62.0 Å². The molecule has 4 aromatic rings. The molecule has 1 aliphatic rings. The molecule has 0 radical (unpaired) electrons. The number of carbonyl (C=O) groups excluding carboxylic acids is 5.